The predicted octanol–water partition coefficient (Wildman–Crippen LogP) is 0.880. The third-order valence-corrected chi connectivity index (χ3v) is 1.80. The highest BCUT2D eigenvalue weighted by Gasteiger charge is 2.10. The fourth-order valence-corrected chi connectivity index (χ4v) is 1.06. The van der Waals surface area contributed by atoms with Gasteiger partial charge in [0.15, 0.2) is 6.61 Å². The third-order valence-electron chi connectivity index (χ3n) is 1.80. The normalized spacial score (nSPS) is 9.88. The molecule has 0 aromatic heterocycles. The highest BCUT2D eigenvalue weighted by atomic mass is 19.1. The van der Waals surface area contributed by atoms with Crippen molar-refractivity contribution in [1.82, 2.24) is 5.48 Å². The molecule has 2 N–H and O–H groups in total. The molecule has 0 aliphatic rings. The number of aryl methyl sites for hydroxylation is 1. The first-order valence-corrected chi connectivity index (χ1v) is 4.41. The second-order valence-corrected chi connectivity index (χ2v) is 3.07. The van der Waals surface area contributed by atoms with Crippen LogP contribution in [0.15, 0.2) is 18.2 Å². The van der Waals surface area contributed by atoms with Gasteiger partial charge in [-0.1, -0.05) is 6.07 Å². The van der Waals surface area contributed by atoms with Crippen LogP contribution in [-0.2, 0) is 9.63 Å². The summed E-state index contributed by atoms with van der Waals surface area (Å²) in [5.74, 6) is -2.44. The molecule has 1 rings (SSSR count). The van der Waals surface area contributed by atoms with E-state index in [0.717, 1.165) is 6.07 Å². The number of carboxylic acids is 1. The van der Waals surface area contributed by atoms with E-state index in [9.17, 15) is 14.0 Å². The number of benzene rings is 1. The Labute approximate surface area is 90.8 Å². The second-order valence-electron chi connectivity index (χ2n) is 3.07. The van der Waals surface area contributed by atoms with E-state index in [4.69, 9.17) is 5.11 Å². The number of nitrogens with one attached hydrogen (secondary N) is 1. The lowest BCUT2D eigenvalue weighted by atomic mass is 10.1. The molecule has 0 bridgehead atoms. The number of carboxylic acid groups (broad SMARTS) is 1. The van der Waals surface area contributed by atoms with E-state index < -0.39 is 24.3 Å². The summed E-state index contributed by atoms with van der Waals surface area (Å²) in [7, 11) is 0. The number of carbonyl (C=O) groups is 2. The molecule has 0 aliphatic heterocycles. The van der Waals surface area contributed by atoms with Gasteiger partial charge in [-0.05, 0) is 24.6 Å². The van der Waals surface area contributed by atoms with Crippen molar-refractivity contribution in [1.29, 1.82) is 0 Å². The smallest absolute Gasteiger partial charge is 0.332 e. The van der Waals surface area contributed by atoms with Gasteiger partial charge in [-0.2, -0.15) is 0 Å². The SMILES string of the molecule is Cc1ccc(F)cc1C(=O)NOCC(=O)O. The molecule has 86 valence electrons. The van der Waals surface area contributed by atoms with Crippen LogP contribution >= 0.6 is 0 Å². The van der Waals surface area contributed by atoms with Crippen LogP contribution in [0.25, 0.3) is 0 Å². The quantitative estimate of drug-likeness (QED) is 0.748. The minimum atomic E-state index is -1.21. The zero-order valence-corrected chi connectivity index (χ0v) is 8.49. The topological polar surface area (TPSA) is 75.6 Å². The molecule has 0 unspecified atom stereocenters. The number of rotatable bonds is 4. The standard InChI is InChI=1S/C10H10FNO4/c1-6-2-3-7(11)4-8(6)10(15)12-16-5-9(13)14/h2-4H,5H2,1H3,(H,12,15)(H,13,14). The fraction of sp³-hybridized carbons (Fsp3) is 0.200. The lowest BCUT2D eigenvalue weighted by molar-refractivity contribution is -0.144. The summed E-state index contributed by atoms with van der Waals surface area (Å²) in [5, 5.41) is 8.26. The van der Waals surface area contributed by atoms with Gasteiger partial charge in [0.25, 0.3) is 5.91 Å². The minimum absolute atomic E-state index is 0.102. The van der Waals surface area contributed by atoms with E-state index in [0.29, 0.717) is 5.56 Å². The van der Waals surface area contributed by atoms with Crippen LogP contribution in [0.3, 0.4) is 0 Å². The van der Waals surface area contributed by atoms with E-state index in [1.165, 1.54) is 12.1 Å². The molecule has 1 aromatic rings. The zero-order valence-electron chi connectivity index (χ0n) is 8.49. The molecular weight excluding hydrogens is 217 g/mol. The maximum absolute atomic E-state index is 12.8. The molecule has 1 aromatic carbocycles. The summed E-state index contributed by atoms with van der Waals surface area (Å²) in [6, 6.07) is 3.72. The Balaban J connectivity index is 2.65. The molecule has 1 amide bonds. The Morgan fingerprint density at radius 1 is 1.50 bits per heavy atom. The monoisotopic (exact) mass is 227 g/mol. The van der Waals surface area contributed by atoms with E-state index in [1.807, 2.05) is 5.48 Å². The van der Waals surface area contributed by atoms with Crippen LogP contribution in [0.1, 0.15) is 15.9 Å². The van der Waals surface area contributed by atoms with Crippen molar-refractivity contribution in [2.45, 2.75) is 6.92 Å². The fourth-order valence-electron chi connectivity index (χ4n) is 1.06. The van der Waals surface area contributed by atoms with Gasteiger partial charge in [0.2, 0.25) is 0 Å². The maximum Gasteiger partial charge on any atom is 0.332 e. The molecule has 16 heavy (non-hydrogen) atoms. The maximum atomic E-state index is 12.8. The van der Waals surface area contributed by atoms with E-state index >= 15 is 0 Å². The Bertz CT molecular complexity index is 419. The summed E-state index contributed by atoms with van der Waals surface area (Å²) in [4.78, 5) is 25.9. The van der Waals surface area contributed by atoms with Gasteiger partial charge in [0, 0.05) is 5.56 Å². The van der Waals surface area contributed by atoms with Crippen molar-refractivity contribution in [3.8, 4) is 0 Å². The Morgan fingerprint density at radius 2 is 2.19 bits per heavy atom. The molecule has 0 saturated heterocycles. The van der Waals surface area contributed by atoms with Gasteiger partial charge in [0.1, 0.15) is 5.82 Å². The molecule has 5 nitrogen and oxygen atoms in total. The average Bonchev–Trinajstić information content (AvgIpc) is 2.21. The lowest BCUT2D eigenvalue weighted by Crippen LogP contribution is -2.27. The first-order chi connectivity index (χ1) is 7.50. The minimum Gasteiger partial charge on any atom is -0.479 e. The number of amides is 1. The van der Waals surface area contributed by atoms with Crippen molar-refractivity contribution in [2.24, 2.45) is 0 Å². The van der Waals surface area contributed by atoms with Crippen LogP contribution in [-0.4, -0.2) is 23.6 Å². The molecule has 0 fully saturated rings. The molecule has 0 aliphatic carbocycles. The summed E-state index contributed by atoms with van der Waals surface area (Å²) >= 11 is 0. The van der Waals surface area contributed by atoms with E-state index in [-0.39, 0.29) is 5.56 Å². The molecule has 0 spiro atoms. The number of carbonyl (C=O) groups excluding carboxylic acids is 1. The number of hydrogen-bond donors (Lipinski definition) is 2. The first kappa shape index (κ1) is 12.1. The third kappa shape index (κ3) is 3.32. The lowest BCUT2D eigenvalue weighted by Gasteiger charge is -2.06. The summed E-state index contributed by atoms with van der Waals surface area (Å²) in [5.41, 5.74) is 2.58. The molecule has 0 radical (unpaired) electrons. The number of hydroxylamine groups is 1. The highest BCUT2D eigenvalue weighted by Crippen LogP contribution is 2.09. The van der Waals surface area contributed by atoms with E-state index in [1.54, 1.807) is 6.92 Å². The van der Waals surface area contributed by atoms with Gasteiger partial charge >= 0.3 is 5.97 Å². The molecule has 6 heteroatoms. The second kappa shape index (κ2) is 5.22. The Hall–Kier alpha value is -1.95. The number of aliphatic carboxylic acids is 1. The number of halogens is 1. The molecule has 0 heterocycles. The van der Waals surface area contributed by atoms with Crippen molar-refractivity contribution < 1.29 is 23.9 Å². The molecular formula is C10H10FNO4. The van der Waals surface area contributed by atoms with Crippen molar-refractivity contribution >= 4 is 11.9 Å². The van der Waals surface area contributed by atoms with Crippen molar-refractivity contribution in [3.05, 3.63) is 35.1 Å². The summed E-state index contributed by atoms with van der Waals surface area (Å²) < 4.78 is 12.8. The van der Waals surface area contributed by atoms with Gasteiger partial charge in [-0.3, -0.25) is 9.63 Å². The predicted molar refractivity (Wildman–Crippen MR) is 52.2 cm³/mol. The van der Waals surface area contributed by atoms with Gasteiger partial charge < -0.3 is 5.11 Å². The Kier molecular flexibility index (Phi) is 3.96. The van der Waals surface area contributed by atoms with Crippen LogP contribution < -0.4 is 5.48 Å². The average molecular weight is 227 g/mol. The highest BCUT2D eigenvalue weighted by molar-refractivity contribution is 5.94. The first-order valence-electron chi connectivity index (χ1n) is 4.41. The van der Waals surface area contributed by atoms with E-state index in [2.05, 4.69) is 4.84 Å². The van der Waals surface area contributed by atoms with Crippen LogP contribution in [0.4, 0.5) is 4.39 Å². The summed E-state index contributed by atoms with van der Waals surface area (Å²) in [6.07, 6.45) is 0. The number of hydrogen-bond acceptors (Lipinski definition) is 3. The molecule has 0 saturated carbocycles. The summed E-state index contributed by atoms with van der Waals surface area (Å²) in [6.45, 7) is 0.978. The van der Waals surface area contributed by atoms with Crippen LogP contribution in [0, 0.1) is 12.7 Å². The molecule has 0 atom stereocenters. The Morgan fingerprint density at radius 3 is 2.81 bits per heavy atom. The van der Waals surface area contributed by atoms with Crippen LogP contribution in [0.5, 0.6) is 0 Å². The van der Waals surface area contributed by atoms with Gasteiger partial charge in [0.05, 0.1) is 0 Å². The van der Waals surface area contributed by atoms with Crippen molar-refractivity contribution in [3.63, 3.8) is 0 Å². The van der Waals surface area contributed by atoms with Gasteiger partial charge in [-0.15, -0.1) is 0 Å². The van der Waals surface area contributed by atoms with Crippen LogP contribution in [0.2, 0.25) is 0 Å². The van der Waals surface area contributed by atoms with Crippen molar-refractivity contribution in [2.75, 3.05) is 6.61 Å². The van der Waals surface area contributed by atoms with Gasteiger partial charge in [-0.25, -0.2) is 14.7 Å². The zero-order chi connectivity index (χ0) is 12.1. The largest absolute Gasteiger partial charge is 0.479 e.